The second-order valence-corrected chi connectivity index (χ2v) is 5.25. The number of aliphatic hydroxyl groups excluding tert-OH is 2. The predicted octanol–water partition coefficient (Wildman–Crippen LogP) is 1.59. The summed E-state index contributed by atoms with van der Waals surface area (Å²) in [7, 11) is 0. The number of carbonyl (C=O) groups is 1. The molecular weight excluding hydrogens is 218 g/mol. The fraction of sp³-hybridized carbons (Fsp3) is 0.923. The second kappa shape index (κ2) is 8.48. The second-order valence-electron chi connectivity index (χ2n) is 5.25. The van der Waals surface area contributed by atoms with Gasteiger partial charge in [0.2, 0.25) is 5.91 Å². The van der Waals surface area contributed by atoms with E-state index >= 15 is 0 Å². The van der Waals surface area contributed by atoms with Crippen molar-refractivity contribution in [2.24, 2.45) is 0 Å². The first-order valence-corrected chi connectivity index (χ1v) is 6.54. The molecule has 0 radical (unpaired) electrons. The van der Waals surface area contributed by atoms with Gasteiger partial charge in [-0.15, -0.1) is 0 Å². The number of unbranched alkanes of at least 4 members (excludes halogenated alkanes) is 4. The van der Waals surface area contributed by atoms with Crippen molar-refractivity contribution in [3.05, 3.63) is 0 Å². The van der Waals surface area contributed by atoms with Crippen molar-refractivity contribution in [1.82, 2.24) is 5.32 Å². The Kier molecular flexibility index (Phi) is 8.17. The van der Waals surface area contributed by atoms with Gasteiger partial charge < -0.3 is 15.5 Å². The average molecular weight is 245 g/mol. The van der Waals surface area contributed by atoms with E-state index in [1.54, 1.807) is 13.8 Å². The van der Waals surface area contributed by atoms with Crippen molar-refractivity contribution in [1.29, 1.82) is 0 Å². The maximum absolute atomic E-state index is 11.6. The Bertz CT molecular complexity index is 217. The van der Waals surface area contributed by atoms with Gasteiger partial charge in [-0.3, -0.25) is 4.79 Å². The van der Waals surface area contributed by atoms with Gasteiger partial charge in [0, 0.05) is 0 Å². The first kappa shape index (κ1) is 16.4. The van der Waals surface area contributed by atoms with Crippen molar-refractivity contribution in [2.45, 2.75) is 70.9 Å². The monoisotopic (exact) mass is 245 g/mol. The van der Waals surface area contributed by atoms with Crippen LogP contribution in [0.5, 0.6) is 0 Å². The zero-order valence-corrected chi connectivity index (χ0v) is 11.3. The third kappa shape index (κ3) is 8.16. The van der Waals surface area contributed by atoms with E-state index in [0.717, 1.165) is 19.3 Å². The molecule has 0 saturated carbocycles. The molecule has 4 nitrogen and oxygen atoms in total. The molecule has 0 aliphatic carbocycles. The molecular formula is C13H27NO3. The Morgan fingerprint density at radius 3 is 2.35 bits per heavy atom. The SMILES string of the molecule is CCCCCCC[C@@H](O)C(=O)NC(C)(C)CO. The van der Waals surface area contributed by atoms with Crippen LogP contribution < -0.4 is 5.32 Å². The van der Waals surface area contributed by atoms with E-state index in [9.17, 15) is 9.90 Å². The van der Waals surface area contributed by atoms with Gasteiger partial charge in [0.05, 0.1) is 12.1 Å². The summed E-state index contributed by atoms with van der Waals surface area (Å²) in [4.78, 5) is 11.6. The van der Waals surface area contributed by atoms with Gasteiger partial charge in [0.1, 0.15) is 6.10 Å². The normalized spacial score (nSPS) is 13.5. The number of hydrogen-bond acceptors (Lipinski definition) is 3. The summed E-state index contributed by atoms with van der Waals surface area (Å²) in [5, 5.41) is 21.3. The first-order chi connectivity index (χ1) is 7.93. The predicted molar refractivity (Wildman–Crippen MR) is 68.7 cm³/mol. The maximum atomic E-state index is 11.6. The molecule has 0 aromatic heterocycles. The highest BCUT2D eigenvalue weighted by Gasteiger charge is 2.23. The minimum absolute atomic E-state index is 0.137. The van der Waals surface area contributed by atoms with Gasteiger partial charge in [0.15, 0.2) is 0 Å². The van der Waals surface area contributed by atoms with Gasteiger partial charge in [-0.2, -0.15) is 0 Å². The average Bonchev–Trinajstić information content (AvgIpc) is 2.28. The molecule has 3 N–H and O–H groups in total. The maximum Gasteiger partial charge on any atom is 0.249 e. The van der Waals surface area contributed by atoms with Crippen LogP contribution in [0.1, 0.15) is 59.3 Å². The van der Waals surface area contributed by atoms with E-state index in [-0.39, 0.29) is 12.5 Å². The Labute approximate surface area is 104 Å². The molecule has 0 bridgehead atoms. The van der Waals surface area contributed by atoms with Gasteiger partial charge in [-0.05, 0) is 20.3 Å². The Balaban J connectivity index is 3.75. The highest BCUT2D eigenvalue weighted by atomic mass is 16.3. The lowest BCUT2D eigenvalue weighted by molar-refractivity contribution is -0.131. The first-order valence-electron chi connectivity index (χ1n) is 6.54. The van der Waals surface area contributed by atoms with Crippen molar-refractivity contribution in [2.75, 3.05) is 6.61 Å². The van der Waals surface area contributed by atoms with Crippen LogP contribution in [0.25, 0.3) is 0 Å². The minimum atomic E-state index is -0.956. The number of amides is 1. The van der Waals surface area contributed by atoms with Crippen LogP contribution in [0.2, 0.25) is 0 Å². The number of rotatable bonds is 9. The third-order valence-corrected chi connectivity index (χ3v) is 2.74. The summed E-state index contributed by atoms with van der Waals surface area (Å²) in [6.07, 6.45) is 5.02. The van der Waals surface area contributed by atoms with Crippen LogP contribution in [-0.4, -0.2) is 34.4 Å². The molecule has 0 unspecified atom stereocenters. The van der Waals surface area contributed by atoms with Crippen LogP contribution in [0.3, 0.4) is 0 Å². The molecule has 0 aliphatic heterocycles. The molecule has 0 spiro atoms. The highest BCUT2D eigenvalue weighted by Crippen LogP contribution is 2.08. The fourth-order valence-corrected chi connectivity index (χ4v) is 1.53. The molecule has 0 saturated heterocycles. The number of nitrogens with one attached hydrogen (secondary N) is 1. The van der Waals surface area contributed by atoms with Crippen molar-refractivity contribution < 1.29 is 15.0 Å². The molecule has 0 aliphatic rings. The molecule has 0 aromatic carbocycles. The lowest BCUT2D eigenvalue weighted by Gasteiger charge is -2.25. The van der Waals surface area contributed by atoms with E-state index in [1.165, 1.54) is 12.8 Å². The highest BCUT2D eigenvalue weighted by molar-refractivity contribution is 5.81. The summed E-state index contributed by atoms with van der Waals surface area (Å²) in [6.45, 7) is 5.46. The Hall–Kier alpha value is -0.610. The van der Waals surface area contributed by atoms with Crippen molar-refractivity contribution >= 4 is 5.91 Å². The summed E-state index contributed by atoms with van der Waals surface area (Å²) < 4.78 is 0. The van der Waals surface area contributed by atoms with Crippen molar-refractivity contribution in [3.8, 4) is 0 Å². The smallest absolute Gasteiger partial charge is 0.249 e. The Morgan fingerprint density at radius 2 is 1.82 bits per heavy atom. The minimum Gasteiger partial charge on any atom is -0.394 e. The van der Waals surface area contributed by atoms with Crippen LogP contribution in [-0.2, 0) is 4.79 Å². The summed E-state index contributed by atoms with van der Waals surface area (Å²) >= 11 is 0. The van der Waals surface area contributed by atoms with Crippen LogP contribution >= 0.6 is 0 Å². The van der Waals surface area contributed by atoms with E-state index in [0.29, 0.717) is 6.42 Å². The fourth-order valence-electron chi connectivity index (χ4n) is 1.53. The standard InChI is InChI=1S/C13H27NO3/c1-4-5-6-7-8-9-11(16)12(17)14-13(2,3)10-15/h11,15-16H,4-10H2,1-3H3,(H,14,17)/t11-/m1/s1. The quantitative estimate of drug-likeness (QED) is 0.540. The number of carbonyl (C=O) groups excluding carboxylic acids is 1. The molecule has 102 valence electrons. The molecule has 0 fully saturated rings. The van der Waals surface area contributed by atoms with Crippen LogP contribution in [0.4, 0.5) is 0 Å². The lowest BCUT2D eigenvalue weighted by atomic mass is 10.0. The molecule has 1 atom stereocenters. The van der Waals surface area contributed by atoms with Crippen LogP contribution in [0, 0.1) is 0 Å². The summed E-state index contributed by atoms with van der Waals surface area (Å²) in [5.41, 5.74) is -0.666. The molecule has 0 aromatic rings. The molecule has 0 heterocycles. The largest absolute Gasteiger partial charge is 0.394 e. The lowest BCUT2D eigenvalue weighted by Crippen LogP contribution is -2.50. The zero-order chi connectivity index (χ0) is 13.3. The summed E-state index contributed by atoms with van der Waals surface area (Å²) in [5.74, 6) is -0.389. The van der Waals surface area contributed by atoms with Gasteiger partial charge in [-0.1, -0.05) is 39.0 Å². The zero-order valence-electron chi connectivity index (χ0n) is 11.3. The van der Waals surface area contributed by atoms with Gasteiger partial charge in [0.25, 0.3) is 0 Å². The van der Waals surface area contributed by atoms with E-state index in [2.05, 4.69) is 12.2 Å². The number of aliphatic hydroxyl groups is 2. The molecule has 0 rings (SSSR count). The molecule has 4 heteroatoms. The van der Waals surface area contributed by atoms with Gasteiger partial charge >= 0.3 is 0 Å². The summed E-state index contributed by atoms with van der Waals surface area (Å²) in [6, 6.07) is 0. The van der Waals surface area contributed by atoms with E-state index < -0.39 is 11.6 Å². The topological polar surface area (TPSA) is 69.6 Å². The van der Waals surface area contributed by atoms with Gasteiger partial charge in [-0.25, -0.2) is 0 Å². The van der Waals surface area contributed by atoms with Crippen molar-refractivity contribution in [3.63, 3.8) is 0 Å². The Morgan fingerprint density at radius 1 is 1.24 bits per heavy atom. The molecule has 1 amide bonds. The molecule has 17 heavy (non-hydrogen) atoms. The number of hydrogen-bond donors (Lipinski definition) is 3. The van der Waals surface area contributed by atoms with Crippen LogP contribution in [0.15, 0.2) is 0 Å². The third-order valence-electron chi connectivity index (χ3n) is 2.74. The van der Waals surface area contributed by atoms with E-state index in [1.807, 2.05) is 0 Å². The van der Waals surface area contributed by atoms with E-state index in [4.69, 9.17) is 5.11 Å².